The average Bonchev–Trinajstić information content (AvgIpc) is 3.69. The molecule has 0 atom stereocenters. The van der Waals surface area contributed by atoms with E-state index >= 15 is 0 Å². The maximum Gasteiger partial charge on any atom is 0.369 e. The molecule has 6 aromatic rings. The molecular formula is C69H76N4O6. The van der Waals surface area contributed by atoms with Crippen molar-refractivity contribution in [2.24, 2.45) is 10.8 Å². The molecule has 4 saturated heterocycles. The molecule has 6 aromatic carbocycles. The van der Waals surface area contributed by atoms with Crippen LogP contribution in [0.3, 0.4) is 0 Å². The van der Waals surface area contributed by atoms with Crippen LogP contribution >= 0.6 is 0 Å². The second kappa shape index (κ2) is 23.3. The molecule has 10 heteroatoms. The SMILES string of the molecule is O=C(O)CN1CC2(CCCN(c3ccc(C4=C(c5ccccc5)CCCc5cc(OOC(=O)CN6CCC7(CCCN(c8ccc(C9=C(c%10ccccc%10)CCCc%10cc(O)ccc%109)cc8)CCC7)C6)ccc54)cc3)CCC2)C1. The van der Waals surface area contributed by atoms with E-state index in [1.54, 1.807) is 0 Å². The molecular weight excluding hydrogens is 981 g/mol. The fraction of sp³-hybridized carbons (Fsp3) is 0.391. The summed E-state index contributed by atoms with van der Waals surface area (Å²) < 4.78 is 0. The number of carboxylic acids is 1. The predicted octanol–water partition coefficient (Wildman–Crippen LogP) is 13.4. The Morgan fingerprint density at radius 2 is 0.962 bits per heavy atom. The minimum absolute atomic E-state index is 0.153. The summed E-state index contributed by atoms with van der Waals surface area (Å²) in [6.07, 6.45) is 15.9. The standard InChI is InChI=1S/C69H76N4O6/c74-58-29-31-62-54(43-58)17-7-19-60(50-13-3-1-4-14-50)66(62)52-21-25-56(26-22-52)72-38-9-33-68(34-10-39-72)37-42-70(47-68)46-65(77)79-78-59-30-32-63-55(44-59)18-8-20-61(51-15-5-2-6-16-51)67(63)53-23-27-57(28-24-53)73-40-11-35-69(36-12-41-73)48-71(49-69)45-64(75)76/h1-6,13-16,21-32,43-44,74H,7-12,17-20,33-42,45-49H2,(H,75,76). The molecule has 2 spiro atoms. The van der Waals surface area contributed by atoms with E-state index in [0.29, 0.717) is 11.5 Å². The monoisotopic (exact) mass is 1060 g/mol. The molecule has 79 heavy (non-hydrogen) atoms. The summed E-state index contributed by atoms with van der Waals surface area (Å²) in [6.45, 7) is 8.02. The molecule has 0 saturated carbocycles. The van der Waals surface area contributed by atoms with Gasteiger partial charge in [0, 0.05) is 57.2 Å². The number of anilines is 2. The Morgan fingerprint density at radius 1 is 0.468 bits per heavy atom. The number of carbonyl (C=O) groups is 2. The summed E-state index contributed by atoms with van der Waals surface area (Å²) in [7, 11) is 0. The highest BCUT2D eigenvalue weighted by atomic mass is 17.2. The lowest BCUT2D eigenvalue weighted by atomic mass is 9.71. The summed E-state index contributed by atoms with van der Waals surface area (Å²) >= 11 is 0. The zero-order valence-electron chi connectivity index (χ0n) is 45.9. The number of carbonyl (C=O) groups excluding carboxylic acids is 1. The third-order valence-corrected chi connectivity index (χ3v) is 18.5. The Bertz CT molecular complexity index is 3180. The number of allylic oxidation sites excluding steroid dienone is 2. The largest absolute Gasteiger partial charge is 0.508 e. The van der Waals surface area contributed by atoms with Crippen molar-refractivity contribution in [1.82, 2.24) is 9.80 Å². The molecule has 0 radical (unpaired) electrons. The molecule has 10 nitrogen and oxygen atoms in total. The van der Waals surface area contributed by atoms with E-state index < -0.39 is 5.97 Å². The van der Waals surface area contributed by atoms with Gasteiger partial charge < -0.3 is 20.0 Å². The highest BCUT2D eigenvalue weighted by Crippen LogP contribution is 2.46. The number of rotatable bonds is 12. The summed E-state index contributed by atoms with van der Waals surface area (Å²) in [4.78, 5) is 45.6. The molecule has 2 aliphatic carbocycles. The Balaban J connectivity index is 0.658. The van der Waals surface area contributed by atoms with Crippen molar-refractivity contribution in [1.29, 1.82) is 0 Å². The number of likely N-dealkylation sites (tertiary alicyclic amines) is 2. The van der Waals surface area contributed by atoms with Gasteiger partial charge in [0.05, 0.1) is 6.54 Å². The van der Waals surface area contributed by atoms with Crippen LogP contribution in [0.2, 0.25) is 0 Å². The average molecular weight is 1060 g/mol. The first-order valence-electron chi connectivity index (χ1n) is 29.4. The topological polar surface area (TPSA) is 106 Å². The van der Waals surface area contributed by atoms with E-state index in [0.717, 1.165) is 149 Å². The molecule has 0 amide bonds. The van der Waals surface area contributed by atoms with Crippen LogP contribution in [-0.2, 0) is 27.3 Å². The Morgan fingerprint density at radius 3 is 1.49 bits per heavy atom. The molecule has 12 rings (SSSR count). The maximum atomic E-state index is 13.5. The number of carboxylic acid groups (broad SMARTS) is 1. The Kier molecular flexibility index (Phi) is 15.5. The van der Waals surface area contributed by atoms with Gasteiger partial charge in [0.15, 0.2) is 5.75 Å². The molecule has 4 fully saturated rings. The predicted molar refractivity (Wildman–Crippen MR) is 316 cm³/mol. The third-order valence-electron chi connectivity index (χ3n) is 18.5. The summed E-state index contributed by atoms with van der Waals surface area (Å²) in [5, 5.41) is 19.7. The number of hydrogen-bond acceptors (Lipinski definition) is 9. The number of aromatic hydroxyl groups is 1. The zero-order valence-corrected chi connectivity index (χ0v) is 45.9. The number of nitrogens with zero attached hydrogens (tertiary/aromatic N) is 4. The van der Waals surface area contributed by atoms with Crippen molar-refractivity contribution in [3.63, 3.8) is 0 Å². The van der Waals surface area contributed by atoms with Gasteiger partial charge in [-0.3, -0.25) is 19.5 Å². The fourth-order valence-electron chi connectivity index (χ4n) is 14.7. The third kappa shape index (κ3) is 11.8. The molecule has 2 N–H and O–H groups in total. The quantitative estimate of drug-likeness (QED) is 0.0909. The van der Waals surface area contributed by atoms with E-state index in [9.17, 15) is 19.8 Å². The van der Waals surface area contributed by atoms with Gasteiger partial charge in [-0.2, -0.15) is 0 Å². The van der Waals surface area contributed by atoms with Crippen LogP contribution in [0, 0.1) is 10.8 Å². The number of phenolic OH excluding ortho intramolecular Hbond substituents is 1. The van der Waals surface area contributed by atoms with E-state index in [2.05, 4.69) is 147 Å². The van der Waals surface area contributed by atoms with Crippen LogP contribution in [0.15, 0.2) is 146 Å². The minimum atomic E-state index is -0.732. The van der Waals surface area contributed by atoms with Gasteiger partial charge in [0.25, 0.3) is 0 Å². The van der Waals surface area contributed by atoms with Crippen LogP contribution in [0.1, 0.15) is 128 Å². The number of aliphatic carboxylic acids is 1. The zero-order chi connectivity index (χ0) is 53.8. The fourth-order valence-corrected chi connectivity index (χ4v) is 14.7. The van der Waals surface area contributed by atoms with Gasteiger partial charge in [-0.15, -0.1) is 0 Å². The van der Waals surface area contributed by atoms with Crippen molar-refractivity contribution in [3.8, 4) is 11.5 Å². The van der Waals surface area contributed by atoms with Gasteiger partial charge in [0.1, 0.15) is 12.3 Å². The smallest absolute Gasteiger partial charge is 0.369 e. The summed E-state index contributed by atoms with van der Waals surface area (Å²) in [5.74, 6) is -0.220. The summed E-state index contributed by atoms with van der Waals surface area (Å²) in [5.41, 5.74) is 18.0. The van der Waals surface area contributed by atoms with E-state index in [4.69, 9.17) is 9.78 Å². The van der Waals surface area contributed by atoms with Crippen LogP contribution in [-0.4, -0.2) is 97.4 Å². The molecule has 0 unspecified atom stereocenters. The van der Waals surface area contributed by atoms with Crippen molar-refractivity contribution in [2.45, 2.75) is 96.3 Å². The lowest BCUT2D eigenvalue weighted by molar-refractivity contribution is -0.214. The molecule has 408 valence electrons. The number of phenols is 1. The molecule has 4 heterocycles. The second-order valence-corrected chi connectivity index (χ2v) is 23.8. The van der Waals surface area contributed by atoms with Crippen molar-refractivity contribution >= 4 is 45.6 Å². The number of aryl methyl sites for hydroxylation is 2. The van der Waals surface area contributed by atoms with Gasteiger partial charge in [-0.25, -0.2) is 9.68 Å². The van der Waals surface area contributed by atoms with Crippen molar-refractivity contribution < 1.29 is 29.6 Å². The van der Waals surface area contributed by atoms with Gasteiger partial charge in [0.2, 0.25) is 0 Å². The van der Waals surface area contributed by atoms with Gasteiger partial charge in [-0.1, -0.05) is 97.1 Å². The first-order chi connectivity index (χ1) is 38.7. The van der Waals surface area contributed by atoms with Crippen molar-refractivity contribution in [3.05, 3.63) is 190 Å². The van der Waals surface area contributed by atoms with Gasteiger partial charge >= 0.3 is 11.9 Å². The van der Waals surface area contributed by atoms with E-state index in [-0.39, 0.29) is 29.9 Å². The molecule has 4 aliphatic heterocycles. The van der Waals surface area contributed by atoms with Crippen LogP contribution < -0.4 is 14.7 Å². The first-order valence-corrected chi connectivity index (χ1v) is 29.4. The van der Waals surface area contributed by atoms with Crippen LogP contribution in [0.4, 0.5) is 11.4 Å². The van der Waals surface area contributed by atoms with Crippen molar-refractivity contribution in [2.75, 3.05) is 75.2 Å². The van der Waals surface area contributed by atoms with Crippen LogP contribution in [0.5, 0.6) is 11.5 Å². The Labute approximate surface area is 466 Å². The minimum Gasteiger partial charge on any atom is -0.508 e. The second-order valence-electron chi connectivity index (χ2n) is 23.8. The molecule has 0 bridgehead atoms. The molecule has 0 aromatic heterocycles. The first kappa shape index (κ1) is 52.6. The van der Waals surface area contributed by atoms with E-state index in [1.165, 1.54) is 78.2 Å². The lowest BCUT2D eigenvalue weighted by Gasteiger charge is -2.51. The highest BCUT2D eigenvalue weighted by Gasteiger charge is 2.43. The molecule has 6 aliphatic rings. The maximum absolute atomic E-state index is 13.5. The number of hydrogen-bond donors (Lipinski definition) is 2. The lowest BCUT2D eigenvalue weighted by Crippen LogP contribution is -2.58. The van der Waals surface area contributed by atoms with Crippen LogP contribution in [0.25, 0.3) is 22.3 Å². The highest BCUT2D eigenvalue weighted by molar-refractivity contribution is 6.01. The normalized spacial score (nSPS) is 19.7. The van der Waals surface area contributed by atoms with E-state index in [1.807, 2.05) is 18.2 Å². The number of benzene rings is 6. The Hall–Kier alpha value is -7.14. The summed E-state index contributed by atoms with van der Waals surface area (Å²) in [6, 6.07) is 52.0. The number of fused-ring (bicyclic) bond motifs is 2. The van der Waals surface area contributed by atoms with Gasteiger partial charge in [-0.05, 0) is 229 Å².